The molecule has 2 saturated heterocycles. The molecule has 6 nitrogen and oxygen atoms in total. The van der Waals surface area contributed by atoms with Gasteiger partial charge < -0.3 is 21.1 Å². The van der Waals surface area contributed by atoms with Crippen LogP contribution in [0, 0.1) is 0 Å². The van der Waals surface area contributed by atoms with Crippen molar-refractivity contribution in [3.8, 4) is 0 Å². The van der Waals surface area contributed by atoms with Crippen LogP contribution < -0.4 is 11.1 Å². The predicted molar refractivity (Wildman–Crippen MR) is 71.4 cm³/mol. The fraction of sp³-hybridized carbons (Fsp3) is 0.818. The van der Waals surface area contributed by atoms with Gasteiger partial charge in [0.05, 0.1) is 6.61 Å². The van der Waals surface area contributed by atoms with E-state index in [-0.39, 0.29) is 31.9 Å². The molecule has 0 radical (unpaired) electrons. The average molecular weight is 275 g/mol. The maximum absolute atomic E-state index is 12.1. The molecule has 104 valence electrons. The van der Waals surface area contributed by atoms with E-state index in [1.54, 1.807) is 4.90 Å². The van der Waals surface area contributed by atoms with Gasteiger partial charge in [0.2, 0.25) is 11.8 Å². The Bertz CT molecular complexity index is 339. The number of aliphatic hydroxyl groups is 1. The summed E-state index contributed by atoms with van der Waals surface area (Å²) in [7, 11) is 0. The molecule has 2 aliphatic heterocycles. The minimum absolute atomic E-state index is 0. The number of carbonyl (C=O) groups is 2. The van der Waals surface area contributed by atoms with Crippen molar-refractivity contribution in [1.82, 2.24) is 10.2 Å². The van der Waals surface area contributed by atoms with Crippen LogP contribution in [0.2, 0.25) is 0 Å². The second-order valence-corrected chi connectivity index (χ2v) is 4.77. The fourth-order valence-electron chi connectivity index (χ4n) is 2.79. The normalized spacial score (nSPS) is 28.8. The van der Waals surface area contributed by atoms with Gasteiger partial charge >= 0.3 is 0 Å². The number of likely N-dealkylation sites (tertiary alicyclic amines) is 1. The van der Waals surface area contributed by atoms with Gasteiger partial charge in [-0.05, 0) is 25.7 Å². The highest BCUT2D eigenvalue weighted by molar-refractivity contribution is 7.59. The first kappa shape index (κ1) is 15.3. The molecule has 2 fully saturated rings. The Kier molecular flexibility index (Phi) is 5.01. The number of hydrogen-bond acceptors (Lipinski definition) is 4. The third-order valence-electron chi connectivity index (χ3n) is 3.77. The van der Waals surface area contributed by atoms with Crippen LogP contribution in [0.1, 0.15) is 25.7 Å². The van der Waals surface area contributed by atoms with Gasteiger partial charge in [-0.2, -0.15) is 13.5 Å². The van der Waals surface area contributed by atoms with Crippen molar-refractivity contribution in [3.63, 3.8) is 0 Å². The van der Waals surface area contributed by atoms with E-state index < -0.39 is 11.6 Å². The lowest BCUT2D eigenvalue weighted by atomic mass is 9.84. The summed E-state index contributed by atoms with van der Waals surface area (Å²) in [6, 6.07) is -0.918. The molecule has 0 aromatic carbocycles. The fourth-order valence-corrected chi connectivity index (χ4v) is 2.79. The molecule has 2 amide bonds. The second-order valence-electron chi connectivity index (χ2n) is 4.77. The number of amides is 2. The van der Waals surface area contributed by atoms with Crippen molar-refractivity contribution in [2.24, 2.45) is 5.73 Å². The van der Waals surface area contributed by atoms with Gasteiger partial charge in [-0.15, -0.1) is 0 Å². The van der Waals surface area contributed by atoms with Crippen LogP contribution in [-0.4, -0.2) is 53.1 Å². The Morgan fingerprint density at radius 2 is 2.22 bits per heavy atom. The van der Waals surface area contributed by atoms with Crippen molar-refractivity contribution >= 4 is 25.3 Å². The maximum Gasteiger partial charge on any atom is 0.246 e. The summed E-state index contributed by atoms with van der Waals surface area (Å²) in [6.07, 6.45) is 3.18. The van der Waals surface area contributed by atoms with E-state index in [1.807, 2.05) is 0 Å². The molecule has 1 spiro atoms. The van der Waals surface area contributed by atoms with E-state index in [4.69, 9.17) is 10.8 Å². The van der Waals surface area contributed by atoms with Crippen LogP contribution in [-0.2, 0) is 9.59 Å². The number of aliphatic hydroxyl groups excluding tert-OH is 1. The molecule has 2 aliphatic rings. The summed E-state index contributed by atoms with van der Waals surface area (Å²) in [5.74, 6) is -0.389. The van der Waals surface area contributed by atoms with E-state index in [0.717, 1.165) is 12.8 Å². The molecule has 0 saturated carbocycles. The molecule has 0 aromatic rings. The highest BCUT2D eigenvalue weighted by atomic mass is 32.1. The molecule has 7 heteroatoms. The zero-order valence-corrected chi connectivity index (χ0v) is 11.3. The maximum atomic E-state index is 12.1. The van der Waals surface area contributed by atoms with Gasteiger partial charge in [-0.25, -0.2) is 0 Å². The molecule has 0 aromatic heterocycles. The SMILES string of the molecule is N[C@@H](CO)C(=O)N1CCCCC12CCNC2=O.S. The molecular formula is C11H21N3O3S. The largest absolute Gasteiger partial charge is 0.394 e. The number of carbonyl (C=O) groups excluding carboxylic acids is 2. The quantitative estimate of drug-likeness (QED) is 0.583. The summed E-state index contributed by atoms with van der Waals surface area (Å²) in [4.78, 5) is 25.6. The number of hydrogen-bond donors (Lipinski definition) is 3. The van der Waals surface area contributed by atoms with Crippen molar-refractivity contribution in [1.29, 1.82) is 0 Å². The molecule has 1 unspecified atom stereocenters. The van der Waals surface area contributed by atoms with E-state index in [1.165, 1.54) is 0 Å². The number of nitrogens with zero attached hydrogens (tertiary/aromatic N) is 1. The minimum atomic E-state index is -0.918. The molecule has 18 heavy (non-hydrogen) atoms. The third kappa shape index (κ3) is 2.34. The van der Waals surface area contributed by atoms with E-state index in [9.17, 15) is 9.59 Å². The van der Waals surface area contributed by atoms with Crippen LogP contribution in [0.5, 0.6) is 0 Å². The second kappa shape index (κ2) is 5.90. The monoisotopic (exact) mass is 275 g/mol. The lowest BCUT2D eigenvalue weighted by molar-refractivity contribution is -0.150. The van der Waals surface area contributed by atoms with E-state index >= 15 is 0 Å². The van der Waals surface area contributed by atoms with Crippen molar-refractivity contribution in [2.45, 2.75) is 37.3 Å². The average Bonchev–Trinajstić information content (AvgIpc) is 2.70. The zero-order valence-electron chi connectivity index (χ0n) is 10.3. The number of nitrogens with one attached hydrogen (secondary N) is 1. The minimum Gasteiger partial charge on any atom is -0.394 e. The third-order valence-corrected chi connectivity index (χ3v) is 3.77. The molecule has 4 N–H and O–H groups in total. The first-order valence-electron chi connectivity index (χ1n) is 6.08. The Hall–Kier alpha value is -0.790. The van der Waals surface area contributed by atoms with Crippen LogP contribution >= 0.6 is 13.5 Å². The van der Waals surface area contributed by atoms with Gasteiger partial charge in [0, 0.05) is 13.1 Å². The van der Waals surface area contributed by atoms with Gasteiger partial charge in [0.25, 0.3) is 0 Å². The summed E-state index contributed by atoms with van der Waals surface area (Å²) < 4.78 is 0. The summed E-state index contributed by atoms with van der Waals surface area (Å²) >= 11 is 0. The molecule has 2 heterocycles. The Labute approximate surface area is 113 Å². The Balaban J connectivity index is 0.00000162. The molecule has 0 bridgehead atoms. The van der Waals surface area contributed by atoms with E-state index in [2.05, 4.69) is 5.32 Å². The smallest absolute Gasteiger partial charge is 0.246 e. The van der Waals surface area contributed by atoms with Gasteiger partial charge in [-0.3, -0.25) is 9.59 Å². The highest BCUT2D eigenvalue weighted by Crippen LogP contribution is 2.34. The molecule has 0 aliphatic carbocycles. The zero-order chi connectivity index (χ0) is 12.5. The molecular weight excluding hydrogens is 254 g/mol. The number of nitrogens with two attached hydrogens (primary N) is 1. The summed E-state index contributed by atoms with van der Waals surface area (Å²) in [5, 5.41) is 11.7. The summed E-state index contributed by atoms with van der Waals surface area (Å²) in [6.45, 7) is 0.782. The van der Waals surface area contributed by atoms with Crippen molar-refractivity contribution in [2.75, 3.05) is 19.7 Å². The first-order chi connectivity index (χ1) is 8.12. The Morgan fingerprint density at radius 3 is 2.78 bits per heavy atom. The lowest BCUT2D eigenvalue weighted by Crippen LogP contribution is -2.62. The Morgan fingerprint density at radius 1 is 1.50 bits per heavy atom. The summed E-state index contributed by atoms with van der Waals surface area (Å²) in [5.41, 5.74) is 4.86. The van der Waals surface area contributed by atoms with E-state index in [0.29, 0.717) is 25.9 Å². The predicted octanol–water partition coefficient (Wildman–Crippen LogP) is -1.31. The number of rotatable bonds is 2. The van der Waals surface area contributed by atoms with Crippen LogP contribution in [0.25, 0.3) is 0 Å². The van der Waals surface area contributed by atoms with Gasteiger partial charge in [0.1, 0.15) is 11.6 Å². The highest BCUT2D eigenvalue weighted by Gasteiger charge is 2.50. The van der Waals surface area contributed by atoms with Gasteiger partial charge in [-0.1, -0.05) is 0 Å². The standard InChI is InChI=1S/C11H19N3O3.H2S/c12-8(7-15)9(16)14-6-2-1-3-11(14)4-5-13-10(11)17;/h8,15H,1-7,12H2,(H,13,17);1H2/t8-,11?;/m0./s1. The van der Waals surface area contributed by atoms with Crippen LogP contribution in [0.4, 0.5) is 0 Å². The topological polar surface area (TPSA) is 95.7 Å². The van der Waals surface area contributed by atoms with Crippen molar-refractivity contribution in [3.05, 3.63) is 0 Å². The molecule has 2 atom stereocenters. The first-order valence-corrected chi connectivity index (χ1v) is 6.08. The van der Waals surface area contributed by atoms with Crippen LogP contribution in [0.15, 0.2) is 0 Å². The van der Waals surface area contributed by atoms with Crippen LogP contribution in [0.3, 0.4) is 0 Å². The van der Waals surface area contributed by atoms with Gasteiger partial charge in [0.15, 0.2) is 0 Å². The lowest BCUT2D eigenvalue weighted by Gasteiger charge is -2.43. The molecule has 2 rings (SSSR count). The van der Waals surface area contributed by atoms with Crippen molar-refractivity contribution < 1.29 is 14.7 Å². The number of piperidine rings is 1.